The van der Waals surface area contributed by atoms with Crippen LogP contribution in [0.1, 0.15) is 96.3 Å². The summed E-state index contributed by atoms with van der Waals surface area (Å²) in [5, 5.41) is 0. The summed E-state index contributed by atoms with van der Waals surface area (Å²) >= 11 is 0. The van der Waals surface area contributed by atoms with Crippen LogP contribution >= 0.6 is 21.6 Å². The molecule has 0 spiro atoms. The van der Waals surface area contributed by atoms with Gasteiger partial charge in [0.05, 0.1) is 0 Å². The van der Waals surface area contributed by atoms with E-state index in [2.05, 4.69) is 0 Å². The third kappa shape index (κ3) is 26.6. The Morgan fingerprint density at radius 3 is 0.778 bits per heavy atom. The molecule has 0 fully saturated rings. The molecule has 0 heterocycles. The average molecular weight is 461 g/mol. The van der Waals surface area contributed by atoms with E-state index in [9.17, 15) is 16.8 Å². The van der Waals surface area contributed by atoms with Crippen LogP contribution in [-0.4, -0.2) is 40.9 Å². The van der Waals surface area contributed by atoms with Crippen LogP contribution < -0.4 is 0 Å². The largest absolute Gasteiger partial charge is 0.218 e. The molecule has 0 N–H and O–H groups in total. The third-order valence-electron chi connectivity index (χ3n) is 4.38. The summed E-state index contributed by atoms with van der Waals surface area (Å²) in [6.45, 7) is 0. The van der Waals surface area contributed by atoms with E-state index in [0.717, 1.165) is 58.8 Å². The first-order chi connectivity index (χ1) is 12.7. The van der Waals surface area contributed by atoms with Crippen molar-refractivity contribution in [2.45, 2.75) is 96.3 Å². The van der Waals surface area contributed by atoms with Crippen molar-refractivity contribution in [2.75, 3.05) is 24.0 Å². The molecular weight excluding hydrogens is 420 g/mol. The molecule has 0 aliphatic heterocycles. The lowest BCUT2D eigenvalue weighted by Crippen LogP contribution is -1.91. The smallest absolute Gasteiger partial charge is 0.198 e. The molecule has 0 aliphatic carbocycles. The van der Waals surface area contributed by atoms with Crippen LogP contribution in [0.3, 0.4) is 0 Å². The van der Waals surface area contributed by atoms with Crippen LogP contribution in [-0.2, 0) is 17.7 Å². The molecule has 27 heavy (non-hydrogen) atoms. The number of hydrogen-bond acceptors (Lipinski definition) is 6. The second-order valence-electron chi connectivity index (χ2n) is 7.36. The summed E-state index contributed by atoms with van der Waals surface area (Å²) in [6.07, 6.45) is 21.2. The predicted octanol–water partition coefficient (Wildman–Crippen LogP) is 6.22. The van der Waals surface area contributed by atoms with E-state index in [-0.39, 0.29) is 0 Å². The van der Waals surface area contributed by atoms with Crippen LogP contribution in [0.5, 0.6) is 0 Å². The van der Waals surface area contributed by atoms with Crippen LogP contribution in [0.2, 0.25) is 0 Å². The Morgan fingerprint density at radius 1 is 0.407 bits per heavy atom. The molecule has 4 nitrogen and oxygen atoms in total. The SMILES string of the molecule is CS(=O)(=O)SCCCCCCCCCCCCCCCCCSS(C)(=O)=O. The molecule has 0 saturated carbocycles. The summed E-state index contributed by atoms with van der Waals surface area (Å²) < 4.78 is 43.9. The number of unbranched alkanes of at least 4 members (excludes halogenated alkanes) is 14. The van der Waals surface area contributed by atoms with Gasteiger partial charge in [0.2, 0.25) is 0 Å². The fraction of sp³-hybridized carbons (Fsp3) is 1.00. The highest BCUT2D eigenvalue weighted by Gasteiger charge is 2.02. The Morgan fingerprint density at radius 2 is 0.593 bits per heavy atom. The second kappa shape index (κ2) is 17.5. The van der Waals surface area contributed by atoms with Gasteiger partial charge in [0, 0.05) is 24.0 Å². The number of rotatable bonds is 20. The van der Waals surface area contributed by atoms with Gasteiger partial charge in [0.1, 0.15) is 0 Å². The maximum absolute atomic E-state index is 11.0. The van der Waals surface area contributed by atoms with E-state index in [0.29, 0.717) is 0 Å². The highest BCUT2D eigenvalue weighted by Crippen LogP contribution is 2.17. The Bertz CT molecular complexity index is 482. The first-order valence-electron chi connectivity index (χ1n) is 10.4. The Hall–Kier alpha value is 0.600. The molecule has 0 aromatic rings. The van der Waals surface area contributed by atoms with Crippen LogP contribution in [0.4, 0.5) is 0 Å². The van der Waals surface area contributed by atoms with Gasteiger partial charge in [-0.05, 0) is 34.4 Å². The molecule has 0 atom stereocenters. The van der Waals surface area contributed by atoms with Crippen LogP contribution in [0.25, 0.3) is 0 Å². The Labute approximate surface area is 176 Å². The molecule has 0 amide bonds. The highest BCUT2D eigenvalue weighted by molar-refractivity contribution is 8.72. The van der Waals surface area contributed by atoms with Gasteiger partial charge in [-0.1, -0.05) is 83.5 Å². The standard InChI is InChI=1S/C19H40O4S4/c1-26(20,21)24-18-16-14-12-10-8-6-4-3-5-7-9-11-13-15-17-19-25-27(2,22)23/h3-19H2,1-2H3. The second-order valence-corrected chi connectivity index (χ2v) is 16.5. The van der Waals surface area contributed by atoms with E-state index in [1.54, 1.807) is 0 Å². The first kappa shape index (κ1) is 27.6. The number of hydrogen-bond donors (Lipinski definition) is 0. The lowest BCUT2D eigenvalue weighted by molar-refractivity contribution is 0.535. The molecule has 0 aromatic carbocycles. The fourth-order valence-electron chi connectivity index (χ4n) is 2.92. The molecule has 164 valence electrons. The highest BCUT2D eigenvalue weighted by atomic mass is 33.1. The van der Waals surface area contributed by atoms with Crippen molar-refractivity contribution in [2.24, 2.45) is 0 Å². The molecule has 8 heteroatoms. The van der Waals surface area contributed by atoms with E-state index < -0.39 is 17.7 Å². The first-order valence-corrected chi connectivity index (χ1v) is 17.2. The normalized spacial score (nSPS) is 12.5. The van der Waals surface area contributed by atoms with Gasteiger partial charge in [-0.25, -0.2) is 16.8 Å². The van der Waals surface area contributed by atoms with Gasteiger partial charge >= 0.3 is 0 Å². The van der Waals surface area contributed by atoms with Crippen molar-refractivity contribution in [1.29, 1.82) is 0 Å². The average Bonchev–Trinajstić information content (AvgIpc) is 2.55. The molecule has 0 unspecified atom stereocenters. The predicted molar refractivity (Wildman–Crippen MR) is 124 cm³/mol. The van der Waals surface area contributed by atoms with Gasteiger partial charge in [-0.2, -0.15) is 0 Å². The maximum atomic E-state index is 11.0. The third-order valence-corrected chi connectivity index (χ3v) is 9.72. The van der Waals surface area contributed by atoms with Crippen molar-refractivity contribution in [3.8, 4) is 0 Å². The molecule has 0 bridgehead atoms. The van der Waals surface area contributed by atoms with Crippen molar-refractivity contribution in [3.05, 3.63) is 0 Å². The minimum atomic E-state index is -2.86. The minimum Gasteiger partial charge on any atom is -0.218 e. The molecule has 0 aromatic heterocycles. The Kier molecular flexibility index (Phi) is 17.8. The summed E-state index contributed by atoms with van der Waals surface area (Å²) in [4.78, 5) is 0. The summed E-state index contributed by atoms with van der Waals surface area (Å²) in [6, 6.07) is 0. The Balaban J connectivity index is 3.11. The molecule has 0 saturated heterocycles. The molecular formula is C19H40O4S4. The van der Waals surface area contributed by atoms with E-state index >= 15 is 0 Å². The van der Waals surface area contributed by atoms with Crippen molar-refractivity contribution in [3.63, 3.8) is 0 Å². The summed E-state index contributed by atoms with van der Waals surface area (Å²) in [5.41, 5.74) is 0. The topological polar surface area (TPSA) is 68.3 Å². The van der Waals surface area contributed by atoms with Crippen LogP contribution in [0.15, 0.2) is 0 Å². The van der Waals surface area contributed by atoms with Gasteiger partial charge in [-0.15, -0.1) is 0 Å². The molecule has 0 radical (unpaired) electrons. The summed E-state index contributed by atoms with van der Waals surface area (Å²) in [5.74, 6) is 1.47. The monoisotopic (exact) mass is 460 g/mol. The van der Waals surface area contributed by atoms with E-state index in [4.69, 9.17) is 0 Å². The van der Waals surface area contributed by atoms with Gasteiger partial charge in [0.25, 0.3) is 0 Å². The van der Waals surface area contributed by atoms with Crippen LogP contribution in [0, 0.1) is 0 Å². The minimum absolute atomic E-state index is 0.735. The molecule has 0 rings (SSSR count). The summed E-state index contributed by atoms with van der Waals surface area (Å²) in [7, 11) is -3.57. The van der Waals surface area contributed by atoms with Crippen molar-refractivity contribution < 1.29 is 16.8 Å². The van der Waals surface area contributed by atoms with Crippen molar-refractivity contribution >= 4 is 39.3 Å². The maximum Gasteiger partial charge on any atom is 0.198 e. The fourth-order valence-corrected chi connectivity index (χ4v) is 6.70. The van der Waals surface area contributed by atoms with E-state index in [1.807, 2.05) is 0 Å². The lowest BCUT2D eigenvalue weighted by atomic mass is 10.0. The quantitative estimate of drug-likeness (QED) is 0.159. The lowest BCUT2D eigenvalue weighted by Gasteiger charge is -2.04. The van der Waals surface area contributed by atoms with Crippen molar-refractivity contribution in [1.82, 2.24) is 0 Å². The van der Waals surface area contributed by atoms with Gasteiger partial charge in [0.15, 0.2) is 17.7 Å². The van der Waals surface area contributed by atoms with E-state index in [1.165, 1.54) is 83.1 Å². The zero-order valence-corrected chi connectivity index (χ0v) is 20.6. The zero-order valence-electron chi connectivity index (χ0n) is 17.3. The molecule has 0 aliphatic rings. The van der Waals surface area contributed by atoms with Gasteiger partial charge < -0.3 is 0 Å². The van der Waals surface area contributed by atoms with Gasteiger partial charge in [-0.3, -0.25) is 0 Å². The zero-order chi connectivity index (χ0) is 20.4.